The fourth-order valence-corrected chi connectivity index (χ4v) is 5.23. The van der Waals surface area contributed by atoms with E-state index in [0.717, 1.165) is 54.5 Å². The largest absolute Gasteiger partial charge is 0.316 e. The molecule has 1 heterocycles. The monoisotopic (exact) mass is 488 g/mol. The lowest BCUT2D eigenvalue weighted by Gasteiger charge is -2.27. The molecule has 0 spiro atoms. The van der Waals surface area contributed by atoms with Crippen LogP contribution in [0.5, 0.6) is 0 Å². The number of carbonyl (C=O) groups excluding carboxylic acids is 1. The molecule has 35 heavy (non-hydrogen) atoms. The van der Waals surface area contributed by atoms with Gasteiger partial charge in [-0.15, -0.1) is 10.2 Å². The molecular formula is C29H36N4OS. The molecule has 0 bridgehead atoms. The van der Waals surface area contributed by atoms with Gasteiger partial charge >= 0.3 is 0 Å². The number of carbonyl (C=O) groups is 1. The average molecular weight is 489 g/mol. The maximum Gasteiger partial charge on any atom is 0.237 e. The Morgan fingerprint density at radius 2 is 1.77 bits per heavy atom. The summed E-state index contributed by atoms with van der Waals surface area (Å²) >= 11 is 1.46. The van der Waals surface area contributed by atoms with Gasteiger partial charge in [0.15, 0.2) is 11.0 Å². The van der Waals surface area contributed by atoms with E-state index in [9.17, 15) is 4.79 Å². The second kappa shape index (κ2) is 11.3. The van der Waals surface area contributed by atoms with Crippen molar-refractivity contribution < 1.29 is 4.79 Å². The van der Waals surface area contributed by atoms with E-state index in [4.69, 9.17) is 0 Å². The quantitative estimate of drug-likeness (QED) is 0.320. The van der Waals surface area contributed by atoms with Crippen LogP contribution in [0.4, 0.5) is 0 Å². The highest BCUT2D eigenvalue weighted by Gasteiger charge is 2.22. The first-order valence-corrected chi connectivity index (χ1v) is 13.6. The third kappa shape index (κ3) is 6.04. The fraction of sp³-hybridized carbons (Fsp3) is 0.414. The Kier molecular flexibility index (Phi) is 8.11. The summed E-state index contributed by atoms with van der Waals surface area (Å²) in [6.07, 6.45) is 7.62. The van der Waals surface area contributed by atoms with Gasteiger partial charge < -0.3 is 4.90 Å². The summed E-state index contributed by atoms with van der Waals surface area (Å²) in [4.78, 5) is 15.3. The number of hydrogen-bond acceptors (Lipinski definition) is 4. The molecule has 6 heteroatoms. The molecule has 0 saturated carbocycles. The Hall–Kier alpha value is -2.86. The minimum absolute atomic E-state index is 0.0884. The lowest BCUT2D eigenvalue weighted by atomic mass is 9.87. The first-order valence-electron chi connectivity index (χ1n) is 12.6. The smallest absolute Gasteiger partial charge is 0.237 e. The number of aromatic nitrogens is 3. The van der Waals surface area contributed by atoms with Crippen molar-refractivity contribution in [2.45, 2.75) is 70.4 Å². The Morgan fingerprint density at radius 1 is 1.03 bits per heavy atom. The van der Waals surface area contributed by atoms with Crippen LogP contribution in [-0.4, -0.2) is 37.9 Å². The topological polar surface area (TPSA) is 51.0 Å². The van der Waals surface area contributed by atoms with Gasteiger partial charge in [-0.25, -0.2) is 0 Å². The minimum atomic E-state index is 0.0884. The Labute approximate surface area is 213 Å². The van der Waals surface area contributed by atoms with E-state index >= 15 is 0 Å². The maximum absolute atomic E-state index is 13.3. The molecule has 0 saturated heterocycles. The number of para-hydroxylation sites is 1. The molecule has 0 fully saturated rings. The van der Waals surface area contributed by atoms with Gasteiger partial charge in [0.05, 0.1) is 5.75 Å². The number of benzene rings is 2. The summed E-state index contributed by atoms with van der Waals surface area (Å²) in [7, 11) is 0. The van der Waals surface area contributed by atoms with Crippen LogP contribution in [0.2, 0.25) is 0 Å². The molecule has 0 atom stereocenters. The molecule has 2 aromatic carbocycles. The molecular weight excluding hydrogens is 452 g/mol. The summed E-state index contributed by atoms with van der Waals surface area (Å²) in [6.45, 7) is 9.53. The first-order chi connectivity index (χ1) is 16.9. The molecule has 1 aromatic heterocycles. The maximum atomic E-state index is 13.3. The molecule has 0 unspecified atom stereocenters. The number of nitrogens with zero attached hydrogens (tertiary/aromatic N) is 4. The second-order valence-corrected chi connectivity index (χ2v) is 11.0. The van der Waals surface area contributed by atoms with E-state index in [1.165, 1.54) is 29.4 Å². The summed E-state index contributed by atoms with van der Waals surface area (Å²) in [6, 6.07) is 18.7. The lowest BCUT2D eigenvalue weighted by molar-refractivity contribution is -0.126. The standard InChI is InChI=1S/C29H36N4OS/c1-5-20-32(24-12-8-6-9-13-24)26(34)21-35-28-31-30-27(33(28)25-14-10-7-11-15-25)22-16-18-23(19-17-22)29(2,3)4/h7,10-12,14-19H,5-6,8-9,13,20-21H2,1-4H3. The predicted molar refractivity (Wildman–Crippen MR) is 145 cm³/mol. The van der Waals surface area contributed by atoms with Crippen LogP contribution < -0.4 is 0 Å². The van der Waals surface area contributed by atoms with Crippen LogP contribution in [0, 0.1) is 0 Å². The summed E-state index contributed by atoms with van der Waals surface area (Å²) in [5, 5.41) is 9.81. The van der Waals surface area contributed by atoms with E-state index in [-0.39, 0.29) is 11.3 Å². The highest BCUT2D eigenvalue weighted by atomic mass is 32.2. The van der Waals surface area contributed by atoms with E-state index in [1.807, 2.05) is 23.1 Å². The van der Waals surface area contributed by atoms with Crippen LogP contribution in [0.25, 0.3) is 17.1 Å². The molecule has 4 rings (SSSR count). The molecule has 1 amide bonds. The average Bonchev–Trinajstić information content (AvgIpc) is 3.30. The lowest BCUT2D eigenvalue weighted by Crippen LogP contribution is -2.33. The number of allylic oxidation sites excluding steroid dienone is 2. The van der Waals surface area contributed by atoms with Crippen molar-refractivity contribution in [1.29, 1.82) is 0 Å². The third-order valence-corrected chi connectivity index (χ3v) is 7.26. The zero-order chi connectivity index (χ0) is 24.8. The van der Waals surface area contributed by atoms with Gasteiger partial charge in [-0.2, -0.15) is 0 Å². The van der Waals surface area contributed by atoms with Crippen molar-refractivity contribution in [1.82, 2.24) is 19.7 Å². The SMILES string of the molecule is CCCN(C(=O)CSc1nnc(-c2ccc(C(C)(C)C)cc2)n1-c1ccccc1)C1=CCCCC1. The molecule has 5 nitrogen and oxygen atoms in total. The van der Waals surface area contributed by atoms with Crippen LogP contribution in [0.15, 0.2) is 71.5 Å². The van der Waals surface area contributed by atoms with E-state index in [2.05, 4.69) is 84.9 Å². The van der Waals surface area contributed by atoms with Crippen LogP contribution in [-0.2, 0) is 10.2 Å². The van der Waals surface area contributed by atoms with Gasteiger partial charge in [-0.05, 0) is 55.2 Å². The number of hydrogen-bond donors (Lipinski definition) is 0. The van der Waals surface area contributed by atoms with Crippen molar-refractivity contribution in [3.63, 3.8) is 0 Å². The van der Waals surface area contributed by atoms with Crippen LogP contribution >= 0.6 is 11.8 Å². The predicted octanol–water partition coefficient (Wildman–Crippen LogP) is 7.02. The zero-order valence-corrected chi connectivity index (χ0v) is 22.1. The summed E-state index contributed by atoms with van der Waals surface area (Å²) in [5.74, 6) is 1.27. The molecule has 3 aromatic rings. The summed E-state index contributed by atoms with van der Waals surface area (Å²) in [5.41, 5.74) is 4.55. The first kappa shape index (κ1) is 25.2. The van der Waals surface area contributed by atoms with Gasteiger partial charge in [0.2, 0.25) is 5.91 Å². The van der Waals surface area contributed by atoms with Gasteiger partial charge in [0.25, 0.3) is 0 Å². The highest BCUT2D eigenvalue weighted by Crippen LogP contribution is 2.31. The molecule has 0 radical (unpaired) electrons. The molecule has 0 N–H and O–H groups in total. The number of rotatable bonds is 8. The zero-order valence-electron chi connectivity index (χ0n) is 21.3. The number of amides is 1. The normalized spacial score (nSPS) is 14.0. The van der Waals surface area contributed by atoms with Gasteiger partial charge in [-0.1, -0.05) is 88.0 Å². The van der Waals surface area contributed by atoms with Crippen molar-refractivity contribution in [3.05, 3.63) is 71.9 Å². The Morgan fingerprint density at radius 3 is 2.40 bits per heavy atom. The Bertz CT molecular complexity index is 1160. The molecule has 1 aliphatic rings. The van der Waals surface area contributed by atoms with Gasteiger partial charge in [-0.3, -0.25) is 9.36 Å². The van der Waals surface area contributed by atoms with Crippen molar-refractivity contribution in [3.8, 4) is 17.1 Å². The number of thioether (sulfide) groups is 1. The van der Waals surface area contributed by atoms with E-state index in [0.29, 0.717) is 5.75 Å². The Balaban J connectivity index is 1.61. The third-order valence-electron chi connectivity index (χ3n) is 6.34. The van der Waals surface area contributed by atoms with Gasteiger partial charge in [0.1, 0.15) is 0 Å². The summed E-state index contributed by atoms with van der Waals surface area (Å²) < 4.78 is 2.06. The minimum Gasteiger partial charge on any atom is -0.316 e. The van der Waals surface area contributed by atoms with Crippen LogP contribution in [0.3, 0.4) is 0 Å². The van der Waals surface area contributed by atoms with Crippen molar-refractivity contribution >= 4 is 17.7 Å². The van der Waals surface area contributed by atoms with Crippen LogP contribution in [0.1, 0.15) is 65.4 Å². The second-order valence-electron chi connectivity index (χ2n) is 10.1. The molecule has 184 valence electrons. The van der Waals surface area contributed by atoms with Gasteiger partial charge in [0, 0.05) is 23.5 Å². The van der Waals surface area contributed by atoms with E-state index in [1.54, 1.807) is 0 Å². The fourth-order valence-electron chi connectivity index (χ4n) is 4.40. The van der Waals surface area contributed by atoms with E-state index < -0.39 is 0 Å². The molecule has 1 aliphatic carbocycles. The highest BCUT2D eigenvalue weighted by molar-refractivity contribution is 7.99. The molecule has 0 aliphatic heterocycles. The van der Waals surface area contributed by atoms with Crippen molar-refractivity contribution in [2.24, 2.45) is 0 Å². The van der Waals surface area contributed by atoms with Crippen molar-refractivity contribution in [2.75, 3.05) is 12.3 Å².